The van der Waals surface area contributed by atoms with Gasteiger partial charge in [0.15, 0.2) is 0 Å². The monoisotopic (exact) mass is 286 g/mol. The fraction of sp³-hybridized carbons (Fsp3) is 0.588. The first kappa shape index (κ1) is 13.3. The van der Waals surface area contributed by atoms with Gasteiger partial charge >= 0.3 is 0 Å². The molecule has 4 rings (SSSR count). The zero-order chi connectivity index (χ0) is 14.6. The number of aliphatic hydroxyl groups excluding tert-OH is 1. The molecule has 1 amide bonds. The molecular weight excluding hydrogens is 264 g/mol. The van der Waals surface area contributed by atoms with Crippen LogP contribution in [0, 0.1) is 11.8 Å². The first-order chi connectivity index (χ1) is 10.2. The molecule has 1 saturated heterocycles. The van der Waals surface area contributed by atoms with Crippen molar-refractivity contribution in [3.8, 4) is 0 Å². The first-order valence-electron chi connectivity index (χ1n) is 7.91. The van der Waals surface area contributed by atoms with E-state index in [9.17, 15) is 9.90 Å². The lowest BCUT2D eigenvalue weighted by Crippen LogP contribution is -2.45. The molecule has 1 aromatic rings. The molecule has 112 valence electrons. The van der Waals surface area contributed by atoms with Gasteiger partial charge < -0.3 is 15.3 Å². The van der Waals surface area contributed by atoms with Gasteiger partial charge in [-0.15, -0.1) is 0 Å². The summed E-state index contributed by atoms with van der Waals surface area (Å²) in [5.74, 6) is 1.28. The highest BCUT2D eigenvalue weighted by Crippen LogP contribution is 2.60. The van der Waals surface area contributed by atoms with E-state index in [-0.39, 0.29) is 17.9 Å². The molecule has 1 heterocycles. The van der Waals surface area contributed by atoms with Crippen LogP contribution in [0.3, 0.4) is 0 Å². The number of benzene rings is 1. The number of aliphatic hydroxyl groups is 1. The number of rotatable bonds is 2. The summed E-state index contributed by atoms with van der Waals surface area (Å²) in [5, 5.41) is 13.1. The number of likely N-dealkylation sites (N-methyl/N-ethyl adjacent to an activating group) is 1. The van der Waals surface area contributed by atoms with Gasteiger partial charge in [-0.05, 0) is 35.8 Å². The average molecular weight is 286 g/mol. The highest BCUT2D eigenvalue weighted by atomic mass is 16.3. The number of nitrogens with zero attached hydrogens (tertiary/aromatic N) is 1. The van der Waals surface area contributed by atoms with E-state index in [0.29, 0.717) is 24.9 Å². The summed E-state index contributed by atoms with van der Waals surface area (Å²) >= 11 is 0. The van der Waals surface area contributed by atoms with Crippen molar-refractivity contribution < 1.29 is 9.90 Å². The fourth-order valence-electron chi connectivity index (χ4n) is 4.35. The maximum atomic E-state index is 12.8. The summed E-state index contributed by atoms with van der Waals surface area (Å²) in [5.41, 5.74) is 2.80. The van der Waals surface area contributed by atoms with E-state index >= 15 is 0 Å². The molecule has 4 nitrogen and oxygen atoms in total. The van der Waals surface area contributed by atoms with E-state index in [1.54, 1.807) is 4.90 Å². The van der Waals surface area contributed by atoms with E-state index in [2.05, 4.69) is 29.6 Å². The topological polar surface area (TPSA) is 52.6 Å². The highest BCUT2D eigenvalue weighted by molar-refractivity contribution is 5.84. The lowest BCUT2D eigenvalue weighted by molar-refractivity contribution is -0.135. The number of β-amino-alcohol motifs (C(OH)–C–C–N with tert-alkyl or cyclic N) is 1. The van der Waals surface area contributed by atoms with Crippen LogP contribution < -0.4 is 5.32 Å². The second-order valence-electron chi connectivity index (χ2n) is 6.69. The summed E-state index contributed by atoms with van der Waals surface area (Å²) in [6, 6.07) is 8.47. The van der Waals surface area contributed by atoms with Crippen LogP contribution in [0.5, 0.6) is 0 Å². The molecule has 0 radical (unpaired) electrons. The second-order valence-corrected chi connectivity index (χ2v) is 6.69. The molecule has 2 N–H and O–H groups in total. The smallest absolute Gasteiger partial charge is 0.226 e. The van der Waals surface area contributed by atoms with Gasteiger partial charge in [-0.25, -0.2) is 0 Å². The van der Waals surface area contributed by atoms with Crippen LogP contribution in [0.15, 0.2) is 24.3 Å². The summed E-state index contributed by atoms with van der Waals surface area (Å²) in [6.07, 6.45) is 1.78. The van der Waals surface area contributed by atoms with Gasteiger partial charge in [-0.3, -0.25) is 4.79 Å². The molecule has 0 bridgehead atoms. The molecule has 0 aromatic heterocycles. The normalized spacial score (nSPS) is 36.8. The van der Waals surface area contributed by atoms with Crippen LogP contribution in [-0.2, 0) is 11.2 Å². The lowest BCUT2D eigenvalue weighted by atomic mass is 9.92. The van der Waals surface area contributed by atoms with Crippen molar-refractivity contribution in [2.75, 3.05) is 20.1 Å². The predicted molar refractivity (Wildman–Crippen MR) is 79.9 cm³/mol. The Labute approximate surface area is 125 Å². The molecule has 3 unspecified atom stereocenters. The number of aryl methyl sites for hydroxylation is 1. The molecule has 1 aromatic carbocycles. The molecule has 2 aliphatic carbocycles. The molecular formula is C17H22N2O2. The Hall–Kier alpha value is -1.39. The Bertz CT molecular complexity index is 574. The van der Waals surface area contributed by atoms with Gasteiger partial charge in [0.05, 0.1) is 12.1 Å². The maximum Gasteiger partial charge on any atom is 0.226 e. The molecule has 1 saturated carbocycles. The van der Waals surface area contributed by atoms with E-state index < -0.39 is 6.10 Å². The van der Waals surface area contributed by atoms with Crippen LogP contribution in [0.2, 0.25) is 0 Å². The van der Waals surface area contributed by atoms with E-state index in [1.165, 1.54) is 11.1 Å². The summed E-state index contributed by atoms with van der Waals surface area (Å²) in [7, 11) is 1.85. The number of fused-ring (bicyclic) bond motifs is 3. The Morgan fingerprint density at radius 1 is 1.33 bits per heavy atom. The molecule has 5 atom stereocenters. The molecule has 2 fully saturated rings. The van der Waals surface area contributed by atoms with Gasteiger partial charge in [-0.2, -0.15) is 0 Å². The van der Waals surface area contributed by atoms with Crippen LogP contribution >= 0.6 is 0 Å². The Morgan fingerprint density at radius 2 is 2.14 bits per heavy atom. The average Bonchev–Trinajstić information content (AvgIpc) is 3.11. The minimum absolute atomic E-state index is 0.0737. The first-order valence-corrected chi connectivity index (χ1v) is 7.91. The van der Waals surface area contributed by atoms with E-state index in [4.69, 9.17) is 0 Å². The van der Waals surface area contributed by atoms with Crippen LogP contribution in [0.1, 0.15) is 23.5 Å². The van der Waals surface area contributed by atoms with E-state index in [0.717, 1.165) is 12.8 Å². The number of hydrogen-bond donors (Lipinski definition) is 2. The van der Waals surface area contributed by atoms with Crippen molar-refractivity contribution in [1.82, 2.24) is 10.2 Å². The van der Waals surface area contributed by atoms with Crippen LogP contribution in [0.25, 0.3) is 0 Å². The third-order valence-corrected chi connectivity index (χ3v) is 5.61. The Kier molecular flexibility index (Phi) is 3.05. The van der Waals surface area contributed by atoms with Crippen LogP contribution in [-0.4, -0.2) is 48.2 Å². The third kappa shape index (κ3) is 2.00. The standard InChI is InChI=1S/C17H22N2O2/c1-19(13-8-18-9-14(13)20)17(21)16-12-7-6-10-4-2-3-5-11(10)15(12)16/h2-5,12-16,18,20H,6-9H2,1H3/t12?,13-,14-,15?,16?/m0/s1. The zero-order valence-electron chi connectivity index (χ0n) is 12.3. The second kappa shape index (κ2) is 4.82. The van der Waals surface area contributed by atoms with Gasteiger partial charge in [0.25, 0.3) is 0 Å². The van der Waals surface area contributed by atoms with Crippen molar-refractivity contribution >= 4 is 5.91 Å². The fourth-order valence-corrected chi connectivity index (χ4v) is 4.35. The summed E-state index contributed by atoms with van der Waals surface area (Å²) < 4.78 is 0. The third-order valence-electron chi connectivity index (χ3n) is 5.61. The van der Waals surface area contributed by atoms with Crippen molar-refractivity contribution in [3.05, 3.63) is 35.4 Å². The van der Waals surface area contributed by atoms with Crippen LogP contribution in [0.4, 0.5) is 0 Å². The maximum absolute atomic E-state index is 12.8. The molecule has 0 spiro atoms. The van der Waals surface area contributed by atoms with Gasteiger partial charge in [-0.1, -0.05) is 24.3 Å². The van der Waals surface area contributed by atoms with E-state index in [1.807, 2.05) is 7.05 Å². The molecule has 3 aliphatic rings. The number of nitrogens with one attached hydrogen (secondary N) is 1. The summed E-state index contributed by atoms with van der Waals surface area (Å²) in [6.45, 7) is 1.28. The minimum Gasteiger partial charge on any atom is -0.390 e. The molecule has 21 heavy (non-hydrogen) atoms. The Balaban J connectivity index is 1.53. The predicted octanol–water partition coefficient (Wildman–Crippen LogP) is 0.753. The van der Waals surface area contributed by atoms with Crippen molar-refractivity contribution in [3.63, 3.8) is 0 Å². The number of carbonyl (C=O) groups excluding carboxylic acids is 1. The van der Waals surface area contributed by atoms with Crippen molar-refractivity contribution in [2.45, 2.75) is 30.9 Å². The summed E-state index contributed by atoms with van der Waals surface area (Å²) in [4.78, 5) is 14.6. The van der Waals surface area contributed by atoms with Gasteiger partial charge in [0, 0.05) is 26.1 Å². The SMILES string of the molecule is CN(C(=O)C1C2CCc3ccccc3C21)[C@H]1CNC[C@@H]1O. The number of carbonyl (C=O) groups is 1. The molecule has 4 heteroatoms. The lowest BCUT2D eigenvalue weighted by Gasteiger charge is -2.26. The minimum atomic E-state index is -0.438. The largest absolute Gasteiger partial charge is 0.390 e. The van der Waals surface area contributed by atoms with Gasteiger partial charge in [0.1, 0.15) is 0 Å². The zero-order valence-corrected chi connectivity index (χ0v) is 12.3. The van der Waals surface area contributed by atoms with Gasteiger partial charge in [0.2, 0.25) is 5.91 Å². The van der Waals surface area contributed by atoms with Crippen molar-refractivity contribution in [1.29, 1.82) is 0 Å². The highest BCUT2D eigenvalue weighted by Gasteiger charge is 2.58. The molecule has 1 aliphatic heterocycles. The quantitative estimate of drug-likeness (QED) is 0.844. The Morgan fingerprint density at radius 3 is 2.90 bits per heavy atom. The number of amides is 1. The van der Waals surface area contributed by atoms with Crippen molar-refractivity contribution in [2.24, 2.45) is 11.8 Å². The number of hydrogen-bond acceptors (Lipinski definition) is 3.